The normalized spacial score (nSPS) is 11.9. The third kappa shape index (κ3) is 3.76. The Morgan fingerprint density at radius 3 is 2.88 bits per heavy atom. The Morgan fingerprint density at radius 1 is 1.56 bits per heavy atom. The summed E-state index contributed by atoms with van der Waals surface area (Å²) >= 11 is 0. The van der Waals surface area contributed by atoms with Crippen molar-refractivity contribution in [2.24, 2.45) is 0 Å². The molecule has 0 spiro atoms. The Balaban J connectivity index is 2.36. The lowest BCUT2D eigenvalue weighted by Crippen LogP contribution is -2.39. The van der Waals surface area contributed by atoms with Crippen LogP contribution in [0, 0.1) is 0 Å². The van der Waals surface area contributed by atoms with Gasteiger partial charge in [-0.1, -0.05) is 0 Å². The van der Waals surface area contributed by atoms with E-state index in [0.717, 1.165) is 5.76 Å². The van der Waals surface area contributed by atoms with Gasteiger partial charge < -0.3 is 14.5 Å². The number of hydrogen-bond donors (Lipinski definition) is 1. The molecule has 1 aromatic rings. The second kappa shape index (κ2) is 5.95. The van der Waals surface area contributed by atoms with E-state index in [4.69, 9.17) is 4.42 Å². The molecule has 0 saturated heterocycles. The van der Waals surface area contributed by atoms with Crippen LogP contribution in [0.25, 0.3) is 0 Å². The number of hydrogen-bond acceptors (Lipinski definition) is 4. The molecule has 0 aliphatic rings. The maximum absolute atomic E-state index is 11.3. The average molecular weight is 225 g/mol. The van der Waals surface area contributed by atoms with Crippen LogP contribution in [0.1, 0.15) is 19.6 Å². The molecule has 1 heterocycles. The third-order valence-corrected chi connectivity index (χ3v) is 1.93. The van der Waals surface area contributed by atoms with E-state index < -0.39 is 11.9 Å². The zero-order valence-corrected chi connectivity index (χ0v) is 9.36. The summed E-state index contributed by atoms with van der Waals surface area (Å²) in [6.45, 7) is 3.63. The van der Waals surface area contributed by atoms with Crippen LogP contribution in [-0.4, -0.2) is 24.5 Å². The molecule has 0 aliphatic carbocycles. The van der Waals surface area contributed by atoms with Gasteiger partial charge in [0, 0.05) is 12.5 Å². The molecule has 1 atom stereocenters. The first-order valence-corrected chi connectivity index (χ1v) is 5.13. The fraction of sp³-hybridized carbons (Fsp3) is 0.455. The Bertz CT molecular complexity index is 345. The highest BCUT2D eigenvalue weighted by Gasteiger charge is 2.17. The summed E-state index contributed by atoms with van der Waals surface area (Å²) in [5.74, 6) is -0.814. The van der Waals surface area contributed by atoms with Crippen LogP contribution >= 0.6 is 0 Å². The predicted molar refractivity (Wildman–Crippen MR) is 56.6 cm³/mol. The molecule has 5 nitrogen and oxygen atoms in total. The van der Waals surface area contributed by atoms with Crippen LogP contribution in [0.15, 0.2) is 22.8 Å². The van der Waals surface area contributed by atoms with Gasteiger partial charge in [0.05, 0.1) is 12.9 Å². The molecule has 0 bridgehead atoms. The lowest BCUT2D eigenvalue weighted by molar-refractivity contribution is -0.154. The van der Waals surface area contributed by atoms with E-state index in [1.54, 1.807) is 26.2 Å². The van der Waals surface area contributed by atoms with Crippen LogP contribution in [0.5, 0.6) is 0 Å². The summed E-state index contributed by atoms with van der Waals surface area (Å²) in [6.07, 6.45) is 2.10. The van der Waals surface area contributed by atoms with Gasteiger partial charge in [0.25, 0.3) is 0 Å². The predicted octanol–water partition coefficient (Wildman–Crippen LogP) is 0.890. The summed E-state index contributed by atoms with van der Waals surface area (Å²) in [5.41, 5.74) is 0. The van der Waals surface area contributed by atoms with E-state index in [9.17, 15) is 9.59 Å². The SMILES string of the molecule is CCOC(=O)C(=O)NC(C)Cc1ccco1. The van der Waals surface area contributed by atoms with Crippen LogP contribution in [0.3, 0.4) is 0 Å². The van der Waals surface area contributed by atoms with Crippen molar-refractivity contribution < 1.29 is 18.7 Å². The standard InChI is InChI=1S/C11H15NO4/c1-3-15-11(14)10(13)12-8(2)7-9-5-4-6-16-9/h4-6,8H,3,7H2,1-2H3,(H,12,13). The molecule has 1 unspecified atom stereocenters. The first kappa shape index (κ1) is 12.3. The van der Waals surface area contributed by atoms with Crippen molar-refractivity contribution in [1.82, 2.24) is 5.32 Å². The van der Waals surface area contributed by atoms with Gasteiger partial charge in [0.1, 0.15) is 5.76 Å². The van der Waals surface area contributed by atoms with Crippen molar-refractivity contribution in [1.29, 1.82) is 0 Å². The monoisotopic (exact) mass is 225 g/mol. The molecule has 5 heteroatoms. The van der Waals surface area contributed by atoms with Gasteiger partial charge in [0.2, 0.25) is 0 Å². The molecule has 88 valence electrons. The molecule has 1 amide bonds. The van der Waals surface area contributed by atoms with Gasteiger partial charge in [-0.05, 0) is 26.0 Å². The largest absolute Gasteiger partial charge is 0.469 e. The van der Waals surface area contributed by atoms with Crippen molar-refractivity contribution >= 4 is 11.9 Å². The first-order chi connectivity index (χ1) is 7.63. The highest BCUT2D eigenvalue weighted by atomic mass is 16.5. The van der Waals surface area contributed by atoms with Gasteiger partial charge in [0.15, 0.2) is 0 Å². The van der Waals surface area contributed by atoms with Crippen LogP contribution in [0.2, 0.25) is 0 Å². The molecule has 1 rings (SSSR count). The number of esters is 1. The number of amides is 1. The number of ether oxygens (including phenoxy) is 1. The van der Waals surface area contributed by atoms with Crippen molar-refractivity contribution in [3.05, 3.63) is 24.2 Å². The molecule has 0 aliphatic heterocycles. The Morgan fingerprint density at radius 2 is 2.31 bits per heavy atom. The molecule has 1 aromatic heterocycles. The molecular weight excluding hydrogens is 210 g/mol. The smallest absolute Gasteiger partial charge is 0.396 e. The van der Waals surface area contributed by atoms with Gasteiger partial charge in [-0.3, -0.25) is 4.79 Å². The van der Waals surface area contributed by atoms with E-state index in [1.165, 1.54) is 0 Å². The first-order valence-electron chi connectivity index (χ1n) is 5.13. The molecule has 16 heavy (non-hydrogen) atoms. The highest BCUT2D eigenvalue weighted by Crippen LogP contribution is 2.03. The van der Waals surface area contributed by atoms with Gasteiger partial charge in [-0.15, -0.1) is 0 Å². The molecule has 1 N–H and O–H groups in total. The second-order valence-corrected chi connectivity index (χ2v) is 3.38. The summed E-state index contributed by atoms with van der Waals surface area (Å²) in [6, 6.07) is 3.41. The molecular formula is C11H15NO4. The van der Waals surface area contributed by atoms with Gasteiger partial charge in [-0.2, -0.15) is 0 Å². The summed E-state index contributed by atoms with van der Waals surface area (Å²) in [4.78, 5) is 22.3. The van der Waals surface area contributed by atoms with Crippen LogP contribution < -0.4 is 5.32 Å². The lowest BCUT2D eigenvalue weighted by Gasteiger charge is -2.11. The topological polar surface area (TPSA) is 68.5 Å². The van der Waals surface area contributed by atoms with Crippen molar-refractivity contribution in [2.45, 2.75) is 26.3 Å². The maximum Gasteiger partial charge on any atom is 0.396 e. The number of rotatable bonds is 4. The number of carbonyl (C=O) groups excluding carboxylic acids is 2. The minimum Gasteiger partial charge on any atom is -0.469 e. The minimum atomic E-state index is -0.853. The fourth-order valence-electron chi connectivity index (χ4n) is 1.26. The lowest BCUT2D eigenvalue weighted by atomic mass is 10.2. The van der Waals surface area contributed by atoms with E-state index in [1.807, 2.05) is 6.07 Å². The van der Waals surface area contributed by atoms with E-state index in [0.29, 0.717) is 6.42 Å². The molecule has 0 fully saturated rings. The Hall–Kier alpha value is -1.78. The van der Waals surface area contributed by atoms with Gasteiger partial charge in [-0.25, -0.2) is 4.79 Å². The molecule has 0 radical (unpaired) electrons. The average Bonchev–Trinajstić information content (AvgIpc) is 2.70. The Kier molecular flexibility index (Phi) is 4.57. The molecule has 0 aromatic carbocycles. The van der Waals surface area contributed by atoms with E-state index >= 15 is 0 Å². The van der Waals surface area contributed by atoms with Gasteiger partial charge >= 0.3 is 11.9 Å². The number of furan rings is 1. The zero-order chi connectivity index (χ0) is 12.0. The number of carbonyl (C=O) groups is 2. The fourth-order valence-corrected chi connectivity index (χ4v) is 1.26. The quantitative estimate of drug-likeness (QED) is 0.610. The van der Waals surface area contributed by atoms with Crippen molar-refractivity contribution in [3.63, 3.8) is 0 Å². The zero-order valence-electron chi connectivity index (χ0n) is 9.36. The van der Waals surface area contributed by atoms with E-state index in [-0.39, 0.29) is 12.6 Å². The maximum atomic E-state index is 11.3. The summed E-state index contributed by atoms with van der Waals surface area (Å²) in [5, 5.41) is 2.53. The minimum absolute atomic E-state index is 0.178. The van der Waals surface area contributed by atoms with E-state index in [2.05, 4.69) is 10.1 Å². The molecule has 0 saturated carbocycles. The Labute approximate surface area is 93.8 Å². The van der Waals surface area contributed by atoms with Crippen molar-refractivity contribution in [3.8, 4) is 0 Å². The summed E-state index contributed by atoms with van der Waals surface area (Å²) in [7, 11) is 0. The third-order valence-electron chi connectivity index (χ3n) is 1.93. The van der Waals surface area contributed by atoms with Crippen LogP contribution in [0.4, 0.5) is 0 Å². The van der Waals surface area contributed by atoms with Crippen LogP contribution in [-0.2, 0) is 20.7 Å². The van der Waals surface area contributed by atoms with Crippen molar-refractivity contribution in [2.75, 3.05) is 6.61 Å². The highest BCUT2D eigenvalue weighted by molar-refractivity contribution is 6.32. The summed E-state index contributed by atoms with van der Waals surface area (Å²) < 4.78 is 9.69. The number of nitrogens with one attached hydrogen (secondary N) is 1. The second-order valence-electron chi connectivity index (χ2n) is 3.38.